The molecule has 182 valence electrons. The van der Waals surface area contributed by atoms with E-state index in [0.717, 1.165) is 5.56 Å². The lowest BCUT2D eigenvalue weighted by Gasteiger charge is -2.36. The van der Waals surface area contributed by atoms with Crippen molar-refractivity contribution in [1.29, 1.82) is 0 Å². The second-order valence-corrected chi connectivity index (χ2v) is 10.7. The number of rotatable bonds is 4. The van der Waals surface area contributed by atoms with E-state index in [1.165, 1.54) is 0 Å². The minimum absolute atomic E-state index is 0.183. The summed E-state index contributed by atoms with van der Waals surface area (Å²) in [7, 11) is 3.71. The van der Waals surface area contributed by atoms with E-state index in [9.17, 15) is 9.59 Å². The first kappa shape index (κ1) is 25.2. The van der Waals surface area contributed by atoms with Gasteiger partial charge in [0.05, 0.1) is 11.3 Å². The number of anilines is 2. The number of fused-ring (bicyclic) bond motifs is 1. The van der Waals surface area contributed by atoms with E-state index in [4.69, 9.17) is 27.9 Å². The number of ether oxygens (including phenoxy) is 1. The molecule has 4 rings (SSSR count). The second-order valence-electron chi connectivity index (χ2n) is 9.89. The molecule has 1 heterocycles. The molecule has 0 spiro atoms. The Hall–Kier alpha value is -2.86. The summed E-state index contributed by atoms with van der Waals surface area (Å²) in [6.07, 6.45) is 0. The molecule has 7 heteroatoms. The number of aryl methyl sites for hydroxylation is 1. The minimum atomic E-state index is -1.18. The number of hydrogen-bond donors (Lipinski definition) is 0. The third kappa shape index (κ3) is 4.22. The maximum atomic E-state index is 14.4. The Morgan fingerprint density at radius 1 is 0.971 bits per heavy atom. The zero-order valence-corrected chi connectivity index (χ0v) is 22.2. The highest BCUT2D eigenvalue weighted by molar-refractivity contribution is 6.33. The van der Waals surface area contributed by atoms with E-state index in [1.54, 1.807) is 29.2 Å². The summed E-state index contributed by atoms with van der Waals surface area (Å²) in [5.74, 6) is -0.586. The Labute approximate surface area is 216 Å². The van der Waals surface area contributed by atoms with E-state index in [1.807, 2.05) is 83.1 Å². The lowest BCUT2D eigenvalue weighted by atomic mass is 9.82. The Kier molecular flexibility index (Phi) is 6.47. The summed E-state index contributed by atoms with van der Waals surface area (Å²) in [6.45, 7) is 7.32. The maximum absolute atomic E-state index is 14.4. The van der Waals surface area contributed by atoms with Crippen LogP contribution in [0.1, 0.15) is 47.8 Å². The highest BCUT2D eigenvalue weighted by atomic mass is 35.5. The molecule has 0 bridgehead atoms. The van der Waals surface area contributed by atoms with Crippen LogP contribution in [0.15, 0.2) is 60.7 Å². The molecule has 0 fully saturated rings. The van der Waals surface area contributed by atoms with Gasteiger partial charge in [-0.25, -0.2) is 4.79 Å². The molecule has 35 heavy (non-hydrogen) atoms. The fourth-order valence-corrected chi connectivity index (χ4v) is 5.12. The van der Waals surface area contributed by atoms with Gasteiger partial charge in [-0.3, -0.25) is 14.6 Å². The first-order chi connectivity index (χ1) is 16.4. The zero-order valence-electron chi connectivity index (χ0n) is 20.6. The third-order valence-electron chi connectivity index (χ3n) is 6.12. The largest absolute Gasteiger partial charge is 0.456 e. The zero-order chi connectivity index (χ0) is 25.7. The molecule has 1 amide bonds. The fraction of sp³-hybridized carbons (Fsp3) is 0.286. The van der Waals surface area contributed by atoms with Crippen molar-refractivity contribution in [2.45, 2.75) is 38.8 Å². The van der Waals surface area contributed by atoms with Gasteiger partial charge in [0, 0.05) is 26.9 Å². The summed E-state index contributed by atoms with van der Waals surface area (Å²) in [5, 5.41) is 1.01. The summed E-state index contributed by atoms with van der Waals surface area (Å²) < 4.78 is 5.54. The first-order valence-electron chi connectivity index (χ1n) is 11.3. The molecule has 0 radical (unpaired) electrons. The van der Waals surface area contributed by atoms with Crippen molar-refractivity contribution < 1.29 is 14.3 Å². The van der Waals surface area contributed by atoms with Crippen molar-refractivity contribution >= 4 is 46.5 Å². The SMILES string of the molecule is Cc1cc(N2C(=O)C(c3ccccc3Cl)(N(C)C)c3cc(Cl)ccc32)ccc1C(=O)OC(C)(C)C. The van der Waals surface area contributed by atoms with Gasteiger partial charge in [-0.15, -0.1) is 0 Å². The Morgan fingerprint density at radius 3 is 2.26 bits per heavy atom. The molecule has 0 aromatic heterocycles. The number of nitrogens with zero attached hydrogens (tertiary/aromatic N) is 2. The van der Waals surface area contributed by atoms with E-state index < -0.39 is 17.1 Å². The van der Waals surface area contributed by atoms with Crippen LogP contribution in [0, 0.1) is 6.92 Å². The van der Waals surface area contributed by atoms with Gasteiger partial charge in [-0.2, -0.15) is 0 Å². The third-order valence-corrected chi connectivity index (χ3v) is 6.69. The highest BCUT2D eigenvalue weighted by Gasteiger charge is 2.55. The summed E-state index contributed by atoms with van der Waals surface area (Å²) in [4.78, 5) is 30.6. The molecular formula is C28H28Cl2N2O3. The number of hydrogen-bond acceptors (Lipinski definition) is 4. The number of carbonyl (C=O) groups excluding carboxylic acids is 2. The smallest absolute Gasteiger partial charge is 0.338 e. The highest BCUT2D eigenvalue weighted by Crippen LogP contribution is 2.52. The molecule has 0 saturated heterocycles. The lowest BCUT2D eigenvalue weighted by molar-refractivity contribution is -0.125. The lowest BCUT2D eigenvalue weighted by Crippen LogP contribution is -2.50. The number of halogens is 2. The second kappa shape index (κ2) is 8.98. The number of likely N-dealkylation sites (N-methyl/N-ethyl adjacent to an activating group) is 1. The first-order valence-corrected chi connectivity index (χ1v) is 12.0. The van der Waals surface area contributed by atoms with Crippen molar-refractivity contribution in [1.82, 2.24) is 4.90 Å². The van der Waals surface area contributed by atoms with Crippen LogP contribution in [0.25, 0.3) is 0 Å². The molecular weight excluding hydrogens is 483 g/mol. The summed E-state index contributed by atoms with van der Waals surface area (Å²) in [6, 6.07) is 18.1. The van der Waals surface area contributed by atoms with Gasteiger partial charge in [-0.1, -0.05) is 41.4 Å². The molecule has 3 aromatic rings. The van der Waals surface area contributed by atoms with Crippen LogP contribution in [0.5, 0.6) is 0 Å². The van der Waals surface area contributed by atoms with Crippen LogP contribution < -0.4 is 4.90 Å². The number of carbonyl (C=O) groups is 2. The van der Waals surface area contributed by atoms with E-state index in [0.29, 0.717) is 38.1 Å². The molecule has 0 saturated carbocycles. The van der Waals surface area contributed by atoms with Crippen molar-refractivity contribution in [3.8, 4) is 0 Å². The Morgan fingerprint density at radius 2 is 1.66 bits per heavy atom. The predicted molar refractivity (Wildman–Crippen MR) is 141 cm³/mol. The maximum Gasteiger partial charge on any atom is 0.338 e. The topological polar surface area (TPSA) is 49.9 Å². The van der Waals surface area contributed by atoms with Crippen LogP contribution in [-0.2, 0) is 15.1 Å². The van der Waals surface area contributed by atoms with Gasteiger partial charge in [-0.05, 0) is 89.8 Å². The quantitative estimate of drug-likeness (QED) is 0.364. The molecule has 1 aliphatic rings. The van der Waals surface area contributed by atoms with Crippen molar-refractivity contribution in [3.05, 3.63) is 93.0 Å². The molecule has 0 N–H and O–H groups in total. The van der Waals surface area contributed by atoms with Gasteiger partial charge >= 0.3 is 5.97 Å². The van der Waals surface area contributed by atoms with E-state index in [2.05, 4.69) is 0 Å². The van der Waals surface area contributed by atoms with Crippen LogP contribution in [0.4, 0.5) is 11.4 Å². The van der Waals surface area contributed by atoms with E-state index in [-0.39, 0.29) is 5.91 Å². The van der Waals surface area contributed by atoms with Gasteiger partial charge in [0.2, 0.25) is 0 Å². The van der Waals surface area contributed by atoms with E-state index >= 15 is 0 Å². The number of benzene rings is 3. The van der Waals surface area contributed by atoms with Crippen molar-refractivity contribution in [2.75, 3.05) is 19.0 Å². The summed E-state index contributed by atoms with van der Waals surface area (Å²) >= 11 is 13.1. The van der Waals surface area contributed by atoms with Gasteiger partial charge in [0.15, 0.2) is 5.54 Å². The van der Waals surface area contributed by atoms with Crippen LogP contribution in [0.2, 0.25) is 10.0 Å². The molecule has 3 aromatic carbocycles. The molecule has 1 atom stereocenters. The van der Waals surface area contributed by atoms with Crippen LogP contribution >= 0.6 is 23.2 Å². The Balaban J connectivity index is 1.90. The molecule has 0 aliphatic carbocycles. The van der Waals surface area contributed by atoms with Gasteiger partial charge in [0.1, 0.15) is 5.60 Å². The minimum Gasteiger partial charge on any atom is -0.456 e. The average molecular weight is 511 g/mol. The molecule has 1 aliphatic heterocycles. The monoisotopic (exact) mass is 510 g/mol. The predicted octanol–water partition coefficient (Wildman–Crippen LogP) is 6.74. The number of amides is 1. The van der Waals surface area contributed by atoms with Gasteiger partial charge in [0.25, 0.3) is 5.91 Å². The van der Waals surface area contributed by atoms with Crippen LogP contribution in [-0.4, -0.2) is 36.5 Å². The average Bonchev–Trinajstić information content (AvgIpc) is 3.01. The normalized spacial score (nSPS) is 17.6. The standard InChI is InChI=1S/C28H28Cl2N2O3/c1-17-15-19(12-13-20(17)25(33)35-27(2,3)4)32-24-14-11-18(29)16-22(24)28(26(32)34,31(5)6)21-9-7-8-10-23(21)30/h7-16H,1-6H3. The van der Waals surface area contributed by atoms with Gasteiger partial charge < -0.3 is 4.74 Å². The summed E-state index contributed by atoms with van der Waals surface area (Å²) in [5.41, 5.74) is 2.13. The van der Waals surface area contributed by atoms with Crippen molar-refractivity contribution in [2.24, 2.45) is 0 Å². The molecule has 1 unspecified atom stereocenters. The molecule has 5 nitrogen and oxygen atoms in total. The van der Waals surface area contributed by atoms with Crippen molar-refractivity contribution in [3.63, 3.8) is 0 Å². The Bertz CT molecular complexity index is 1330. The fourth-order valence-electron chi connectivity index (χ4n) is 4.67. The van der Waals surface area contributed by atoms with Crippen LogP contribution in [0.3, 0.4) is 0 Å². The number of esters is 1.